The van der Waals surface area contributed by atoms with Crippen molar-refractivity contribution in [2.24, 2.45) is 0 Å². The maximum Gasteiger partial charge on any atom is 0.134 e. The summed E-state index contributed by atoms with van der Waals surface area (Å²) in [7, 11) is 2.04. The lowest BCUT2D eigenvalue weighted by atomic mass is 10.1. The Balaban J connectivity index is 2.28. The summed E-state index contributed by atoms with van der Waals surface area (Å²) in [6, 6.07) is 4.65. The van der Waals surface area contributed by atoms with Gasteiger partial charge in [-0.15, -0.1) is 0 Å². The fourth-order valence-electron chi connectivity index (χ4n) is 2.10. The molecule has 0 saturated carbocycles. The van der Waals surface area contributed by atoms with Crippen molar-refractivity contribution in [3.05, 3.63) is 40.8 Å². The third kappa shape index (κ3) is 3.33. The lowest BCUT2D eigenvalue weighted by Gasteiger charge is -2.15. The molecule has 0 aliphatic heterocycles. The number of nitrogens with one attached hydrogen (secondary N) is 1. The first-order valence-corrected chi connectivity index (χ1v) is 6.66. The fourth-order valence-corrected chi connectivity index (χ4v) is 2.26. The van der Waals surface area contributed by atoms with E-state index in [9.17, 15) is 4.39 Å². The molecular weight excluding hydrogens is 265 g/mol. The zero-order valence-electron chi connectivity index (χ0n) is 11.1. The molecule has 0 aliphatic carbocycles. The second-order valence-corrected chi connectivity index (χ2v) is 5.06. The number of nitrogens with zero attached hydrogens (tertiary/aromatic N) is 2. The molecule has 0 amide bonds. The minimum Gasteiger partial charge on any atom is -0.302 e. The summed E-state index contributed by atoms with van der Waals surface area (Å²) >= 11 is 5.77. The number of aromatic nitrogens is 2. The lowest BCUT2D eigenvalue weighted by Crippen LogP contribution is -2.18. The first kappa shape index (κ1) is 14.0. The third-order valence-corrected chi connectivity index (χ3v) is 3.19. The van der Waals surface area contributed by atoms with Gasteiger partial charge in [0.15, 0.2) is 0 Å². The number of aromatic amines is 1. The molecule has 5 heteroatoms. The Bertz CT molecular complexity index is 553. The van der Waals surface area contributed by atoms with Crippen LogP contribution < -0.4 is 0 Å². The zero-order valence-corrected chi connectivity index (χ0v) is 11.8. The molecule has 0 radical (unpaired) electrons. The van der Waals surface area contributed by atoms with Gasteiger partial charge in [-0.25, -0.2) is 4.39 Å². The average Bonchev–Trinajstić information content (AvgIpc) is 2.77. The van der Waals surface area contributed by atoms with Crippen LogP contribution >= 0.6 is 11.6 Å². The molecule has 2 aromatic rings. The van der Waals surface area contributed by atoms with Crippen molar-refractivity contribution in [1.29, 1.82) is 0 Å². The van der Waals surface area contributed by atoms with Gasteiger partial charge in [0.05, 0.1) is 5.69 Å². The van der Waals surface area contributed by atoms with Crippen molar-refractivity contribution in [3.63, 3.8) is 0 Å². The second kappa shape index (κ2) is 6.17. The molecule has 0 fully saturated rings. The molecule has 1 aromatic carbocycles. The van der Waals surface area contributed by atoms with Gasteiger partial charge in [-0.2, -0.15) is 5.10 Å². The Morgan fingerprint density at radius 1 is 1.42 bits per heavy atom. The van der Waals surface area contributed by atoms with Gasteiger partial charge in [-0.1, -0.05) is 18.5 Å². The van der Waals surface area contributed by atoms with Crippen LogP contribution in [0.1, 0.15) is 18.9 Å². The molecule has 0 bridgehead atoms. The van der Waals surface area contributed by atoms with Crippen LogP contribution in [0.15, 0.2) is 24.4 Å². The molecular formula is C14H17ClFN3. The predicted molar refractivity (Wildman–Crippen MR) is 75.6 cm³/mol. The minimum atomic E-state index is -0.348. The van der Waals surface area contributed by atoms with E-state index in [-0.39, 0.29) is 5.82 Å². The number of benzene rings is 1. The molecule has 1 aromatic heterocycles. The van der Waals surface area contributed by atoms with Crippen LogP contribution in [-0.2, 0) is 6.54 Å². The highest BCUT2D eigenvalue weighted by molar-refractivity contribution is 6.30. The fraction of sp³-hybridized carbons (Fsp3) is 0.357. The summed E-state index contributed by atoms with van der Waals surface area (Å²) in [5.74, 6) is -0.348. The van der Waals surface area contributed by atoms with E-state index in [4.69, 9.17) is 11.6 Å². The quantitative estimate of drug-likeness (QED) is 0.906. The maximum atomic E-state index is 13.9. The molecule has 1 N–H and O–H groups in total. The van der Waals surface area contributed by atoms with Gasteiger partial charge in [-0.3, -0.25) is 5.10 Å². The molecule has 3 nitrogen and oxygen atoms in total. The largest absolute Gasteiger partial charge is 0.302 e. The van der Waals surface area contributed by atoms with Crippen LogP contribution in [-0.4, -0.2) is 28.7 Å². The van der Waals surface area contributed by atoms with Crippen LogP contribution in [0.2, 0.25) is 5.02 Å². The van der Waals surface area contributed by atoms with Gasteiger partial charge in [0, 0.05) is 28.9 Å². The molecule has 19 heavy (non-hydrogen) atoms. The number of hydrogen-bond acceptors (Lipinski definition) is 2. The number of rotatable bonds is 5. The summed E-state index contributed by atoms with van der Waals surface area (Å²) in [6.45, 7) is 3.86. The van der Waals surface area contributed by atoms with E-state index >= 15 is 0 Å². The number of hydrogen-bond donors (Lipinski definition) is 1. The average molecular weight is 282 g/mol. The van der Waals surface area contributed by atoms with Gasteiger partial charge >= 0.3 is 0 Å². The maximum absolute atomic E-state index is 13.9. The highest BCUT2D eigenvalue weighted by Gasteiger charge is 2.14. The van der Waals surface area contributed by atoms with E-state index in [1.807, 2.05) is 13.2 Å². The topological polar surface area (TPSA) is 31.9 Å². The van der Waals surface area contributed by atoms with E-state index in [1.165, 1.54) is 6.07 Å². The van der Waals surface area contributed by atoms with E-state index in [1.54, 1.807) is 12.1 Å². The molecule has 0 atom stereocenters. The predicted octanol–water partition coefficient (Wildman–Crippen LogP) is 3.71. The van der Waals surface area contributed by atoms with Gasteiger partial charge in [0.2, 0.25) is 0 Å². The Morgan fingerprint density at radius 2 is 2.21 bits per heavy atom. The smallest absolute Gasteiger partial charge is 0.134 e. The third-order valence-electron chi connectivity index (χ3n) is 2.95. The van der Waals surface area contributed by atoms with Gasteiger partial charge in [-0.05, 0) is 38.2 Å². The highest BCUT2D eigenvalue weighted by Crippen LogP contribution is 2.27. The summed E-state index contributed by atoms with van der Waals surface area (Å²) in [5.41, 5.74) is 2.11. The van der Waals surface area contributed by atoms with Crippen LogP contribution in [0.4, 0.5) is 4.39 Å². The van der Waals surface area contributed by atoms with E-state index in [0.29, 0.717) is 16.3 Å². The van der Waals surface area contributed by atoms with Crippen LogP contribution in [0.3, 0.4) is 0 Å². The molecule has 0 saturated heterocycles. The number of halogens is 2. The molecule has 102 valence electrons. The summed E-state index contributed by atoms with van der Waals surface area (Å²) < 4.78 is 13.9. The van der Waals surface area contributed by atoms with Crippen molar-refractivity contribution < 1.29 is 4.39 Å². The monoisotopic (exact) mass is 281 g/mol. The number of H-pyrrole nitrogens is 1. The van der Waals surface area contributed by atoms with E-state index in [2.05, 4.69) is 22.0 Å². The standard InChI is InChI=1S/C14H17ClFN3/c1-3-6-19(2)9-10-8-17-18-14(10)12-5-4-11(15)7-13(12)16/h4-5,7-8H,3,6,9H2,1-2H3,(H,17,18). The highest BCUT2D eigenvalue weighted by atomic mass is 35.5. The SMILES string of the molecule is CCCN(C)Cc1c[nH]nc1-c1ccc(Cl)cc1F. The Labute approximate surface area is 117 Å². The molecule has 0 aliphatic rings. The Kier molecular flexibility index (Phi) is 4.56. The van der Waals surface area contributed by atoms with Crippen molar-refractivity contribution >= 4 is 11.6 Å². The Morgan fingerprint density at radius 3 is 2.89 bits per heavy atom. The van der Waals surface area contributed by atoms with Crippen molar-refractivity contribution in [2.45, 2.75) is 19.9 Å². The first-order chi connectivity index (χ1) is 9.11. The second-order valence-electron chi connectivity index (χ2n) is 4.62. The normalized spacial score (nSPS) is 11.2. The van der Waals surface area contributed by atoms with Gasteiger partial charge in [0.1, 0.15) is 5.82 Å². The minimum absolute atomic E-state index is 0.348. The summed E-state index contributed by atoms with van der Waals surface area (Å²) in [4.78, 5) is 2.18. The lowest BCUT2D eigenvalue weighted by molar-refractivity contribution is 0.328. The molecule has 1 heterocycles. The van der Waals surface area contributed by atoms with E-state index in [0.717, 1.165) is 25.1 Å². The molecule has 0 spiro atoms. The van der Waals surface area contributed by atoms with Crippen molar-refractivity contribution in [2.75, 3.05) is 13.6 Å². The van der Waals surface area contributed by atoms with E-state index < -0.39 is 0 Å². The van der Waals surface area contributed by atoms with Crippen LogP contribution in [0.25, 0.3) is 11.3 Å². The van der Waals surface area contributed by atoms with Crippen molar-refractivity contribution in [3.8, 4) is 11.3 Å². The Hall–Kier alpha value is -1.39. The summed E-state index contributed by atoms with van der Waals surface area (Å²) in [5, 5.41) is 7.36. The molecule has 2 rings (SSSR count). The van der Waals surface area contributed by atoms with Crippen LogP contribution in [0.5, 0.6) is 0 Å². The van der Waals surface area contributed by atoms with Gasteiger partial charge < -0.3 is 4.90 Å². The molecule has 0 unspecified atom stereocenters. The zero-order chi connectivity index (χ0) is 13.8. The van der Waals surface area contributed by atoms with Crippen molar-refractivity contribution in [1.82, 2.24) is 15.1 Å². The van der Waals surface area contributed by atoms with Gasteiger partial charge in [0.25, 0.3) is 0 Å². The summed E-state index contributed by atoms with van der Waals surface area (Å²) in [6.07, 6.45) is 2.90. The van der Waals surface area contributed by atoms with Crippen LogP contribution in [0, 0.1) is 5.82 Å². The first-order valence-electron chi connectivity index (χ1n) is 6.28.